The summed E-state index contributed by atoms with van der Waals surface area (Å²) in [6.07, 6.45) is 1.36. The third kappa shape index (κ3) is 3.27. The van der Waals surface area contributed by atoms with Gasteiger partial charge in [0.2, 0.25) is 5.88 Å². The molecule has 144 valence electrons. The van der Waals surface area contributed by atoms with Crippen molar-refractivity contribution in [1.82, 2.24) is 14.7 Å². The van der Waals surface area contributed by atoms with Crippen molar-refractivity contribution in [2.75, 3.05) is 13.1 Å². The van der Waals surface area contributed by atoms with E-state index in [2.05, 4.69) is 12.1 Å². The first-order chi connectivity index (χ1) is 13.6. The van der Waals surface area contributed by atoms with Gasteiger partial charge in [-0.1, -0.05) is 35.9 Å². The second-order valence-electron chi connectivity index (χ2n) is 6.71. The van der Waals surface area contributed by atoms with Gasteiger partial charge in [-0.15, -0.1) is 0 Å². The second-order valence-corrected chi connectivity index (χ2v) is 7.15. The molecule has 5 nitrogen and oxygen atoms in total. The molecule has 28 heavy (non-hydrogen) atoms. The lowest BCUT2D eigenvalue weighted by Gasteiger charge is -2.20. The van der Waals surface area contributed by atoms with E-state index < -0.39 is 0 Å². The van der Waals surface area contributed by atoms with Gasteiger partial charge in [0, 0.05) is 18.1 Å². The molecule has 4 rings (SSSR count). The summed E-state index contributed by atoms with van der Waals surface area (Å²) in [6.45, 7) is 5.05. The summed E-state index contributed by atoms with van der Waals surface area (Å²) in [5.74, 6) is 0.460. The first-order valence-corrected chi connectivity index (χ1v) is 9.93. The van der Waals surface area contributed by atoms with E-state index in [9.17, 15) is 4.79 Å². The van der Waals surface area contributed by atoms with Crippen molar-refractivity contribution < 1.29 is 9.53 Å². The first-order valence-electron chi connectivity index (χ1n) is 9.55. The Labute approximate surface area is 169 Å². The number of amides is 1. The van der Waals surface area contributed by atoms with Crippen LogP contribution in [0.5, 0.6) is 5.88 Å². The molecule has 1 heterocycles. The Kier molecular flexibility index (Phi) is 5.09. The van der Waals surface area contributed by atoms with Crippen molar-refractivity contribution in [3.05, 3.63) is 64.8 Å². The van der Waals surface area contributed by atoms with Crippen LogP contribution in [0.1, 0.15) is 25.1 Å². The van der Waals surface area contributed by atoms with Crippen LogP contribution in [-0.2, 0) is 12.8 Å². The third-order valence-corrected chi connectivity index (χ3v) is 5.36. The van der Waals surface area contributed by atoms with Gasteiger partial charge in [0.05, 0.1) is 16.9 Å². The first kappa shape index (κ1) is 18.6. The summed E-state index contributed by atoms with van der Waals surface area (Å²) < 4.78 is 7.64. The molecule has 3 aromatic rings. The normalized spacial score (nSPS) is 12.2. The van der Waals surface area contributed by atoms with E-state index in [1.807, 2.05) is 50.2 Å². The highest BCUT2D eigenvalue weighted by Crippen LogP contribution is 2.41. The maximum absolute atomic E-state index is 12.7. The molecule has 1 aliphatic carbocycles. The molecule has 1 amide bonds. The molecular formula is C22H22ClN3O2. The molecule has 0 atom stereocenters. The van der Waals surface area contributed by atoms with Gasteiger partial charge < -0.3 is 9.64 Å². The molecule has 0 N–H and O–H groups in total. The number of ether oxygens (including phenoxy) is 1. The molecule has 0 aliphatic heterocycles. The smallest absolute Gasteiger partial charge is 0.390 e. The Morgan fingerprint density at radius 2 is 1.82 bits per heavy atom. The number of hydrogen-bond donors (Lipinski definition) is 0. The van der Waals surface area contributed by atoms with E-state index in [0.29, 0.717) is 24.0 Å². The van der Waals surface area contributed by atoms with E-state index >= 15 is 0 Å². The van der Waals surface area contributed by atoms with E-state index in [-0.39, 0.29) is 6.09 Å². The van der Waals surface area contributed by atoms with E-state index in [1.54, 1.807) is 9.58 Å². The molecule has 0 unspecified atom stereocenters. The fourth-order valence-corrected chi connectivity index (χ4v) is 3.73. The van der Waals surface area contributed by atoms with Crippen LogP contribution in [0.15, 0.2) is 48.5 Å². The van der Waals surface area contributed by atoms with Crippen molar-refractivity contribution in [3.63, 3.8) is 0 Å². The number of rotatable bonds is 4. The Morgan fingerprint density at radius 3 is 2.54 bits per heavy atom. The number of aromatic nitrogens is 2. The topological polar surface area (TPSA) is 47.4 Å². The van der Waals surface area contributed by atoms with Gasteiger partial charge in [-0.05, 0) is 62.1 Å². The Morgan fingerprint density at radius 1 is 1.11 bits per heavy atom. The maximum atomic E-state index is 12.7. The zero-order chi connectivity index (χ0) is 19.7. The minimum Gasteiger partial charge on any atom is -0.390 e. The van der Waals surface area contributed by atoms with Crippen molar-refractivity contribution in [2.24, 2.45) is 0 Å². The molecule has 0 fully saturated rings. The lowest BCUT2D eigenvalue weighted by Crippen LogP contribution is -2.33. The van der Waals surface area contributed by atoms with E-state index in [4.69, 9.17) is 21.4 Å². The Balaban J connectivity index is 1.87. The van der Waals surface area contributed by atoms with Gasteiger partial charge in [-0.3, -0.25) is 0 Å². The number of fused-ring (bicyclic) bond motifs is 3. The van der Waals surface area contributed by atoms with Crippen LogP contribution < -0.4 is 4.74 Å². The summed E-state index contributed by atoms with van der Waals surface area (Å²) >= 11 is 6.05. The molecule has 0 saturated carbocycles. The zero-order valence-electron chi connectivity index (χ0n) is 16.0. The Hall–Kier alpha value is -2.79. The number of halogens is 1. The molecular weight excluding hydrogens is 374 g/mol. The fourth-order valence-electron chi connectivity index (χ4n) is 3.61. The standard InChI is InChI=1S/C22H22ClN3O2/c1-3-25(4-2)22(27)28-21-20-18-8-6-5-7-15(18)9-14-19(20)24-26(21)17-12-10-16(23)11-13-17/h5-8,10-13H,3-4,9,14H2,1-2H3. The largest absolute Gasteiger partial charge is 0.416 e. The van der Waals surface area contributed by atoms with Gasteiger partial charge >= 0.3 is 6.09 Å². The van der Waals surface area contributed by atoms with Crippen molar-refractivity contribution >= 4 is 17.7 Å². The monoisotopic (exact) mass is 395 g/mol. The highest BCUT2D eigenvalue weighted by Gasteiger charge is 2.29. The van der Waals surface area contributed by atoms with Crippen LogP contribution in [0.25, 0.3) is 16.8 Å². The number of benzene rings is 2. The number of carbonyl (C=O) groups is 1. The molecule has 0 radical (unpaired) electrons. The van der Waals surface area contributed by atoms with E-state index in [0.717, 1.165) is 35.3 Å². The van der Waals surface area contributed by atoms with Crippen LogP contribution in [0.2, 0.25) is 5.02 Å². The summed E-state index contributed by atoms with van der Waals surface area (Å²) in [5.41, 5.74) is 4.96. The third-order valence-electron chi connectivity index (χ3n) is 5.11. The van der Waals surface area contributed by atoms with Crippen molar-refractivity contribution in [2.45, 2.75) is 26.7 Å². The molecule has 1 aromatic heterocycles. The molecule has 2 aromatic carbocycles. The van der Waals surface area contributed by atoms with Crippen molar-refractivity contribution in [1.29, 1.82) is 0 Å². The van der Waals surface area contributed by atoms with Gasteiger partial charge in [-0.2, -0.15) is 9.78 Å². The van der Waals surface area contributed by atoms with Gasteiger partial charge in [-0.25, -0.2) is 4.79 Å². The van der Waals surface area contributed by atoms with Gasteiger partial charge in [0.15, 0.2) is 0 Å². The maximum Gasteiger partial charge on any atom is 0.416 e. The molecule has 0 spiro atoms. The molecule has 6 heteroatoms. The summed E-state index contributed by atoms with van der Waals surface area (Å²) in [6, 6.07) is 15.6. The molecule has 0 saturated heterocycles. The van der Waals surface area contributed by atoms with Gasteiger partial charge in [0.25, 0.3) is 0 Å². The molecule has 1 aliphatic rings. The predicted octanol–water partition coefficient (Wildman–Crippen LogP) is 5.13. The predicted molar refractivity (Wildman–Crippen MR) is 110 cm³/mol. The van der Waals surface area contributed by atoms with Gasteiger partial charge in [0.1, 0.15) is 0 Å². The number of nitrogens with zero attached hydrogens (tertiary/aromatic N) is 3. The van der Waals surface area contributed by atoms with Crippen molar-refractivity contribution in [3.8, 4) is 22.7 Å². The van der Waals surface area contributed by atoms with Crippen LogP contribution in [-0.4, -0.2) is 33.9 Å². The summed E-state index contributed by atoms with van der Waals surface area (Å²) in [5, 5.41) is 5.44. The average molecular weight is 396 g/mol. The number of hydrogen-bond acceptors (Lipinski definition) is 3. The zero-order valence-corrected chi connectivity index (χ0v) is 16.7. The van der Waals surface area contributed by atoms with E-state index in [1.165, 1.54) is 5.56 Å². The average Bonchev–Trinajstić information content (AvgIpc) is 3.08. The Bertz CT molecular complexity index is 1010. The lowest BCUT2D eigenvalue weighted by atomic mass is 9.90. The SMILES string of the molecule is CCN(CC)C(=O)Oc1c2c(nn1-c1ccc(Cl)cc1)CCc1ccccc1-2. The molecule has 0 bridgehead atoms. The quantitative estimate of drug-likeness (QED) is 0.615. The highest BCUT2D eigenvalue weighted by molar-refractivity contribution is 6.30. The lowest BCUT2D eigenvalue weighted by molar-refractivity contribution is 0.154. The number of aryl methyl sites for hydroxylation is 2. The minimum atomic E-state index is -0.369. The minimum absolute atomic E-state index is 0.369. The second kappa shape index (κ2) is 7.68. The number of carbonyl (C=O) groups excluding carboxylic acids is 1. The van der Waals surface area contributed by atoms with Crippen LogP contribution in [0, 0.1) is 0 Å². The van der Waals surface area contributed by atoms with Crippen LogP contribution >= 0.6 is 11.6 Å². The summed E-state index contributed by atoms with van der Waals surface area (Å²) in [7, 11) is 0. The fraction of sp³-hybridized carbons (Fsp3) is 0.273. The van der Waals surface area contributed by atoms with Crippen LogP contribution in [0.4, 0.5) is 4.79 Å². The highest BCUT2D eigenvalue weighted by atomic mass is 35.5. The summed E-state index contributed by atoms with van der Waals surface area (Å²) in [4.78, 5) is 14.4. The van der Waals surface area contributed by atoms with Crippen LogP contribution in [0.3, 0.4) is 0 Å².